The van der Waals surface area contributed by atoms with Gasteiger partial charge in [-0.25, -0.2) is 0 Å². The summed E-state index contributed by atoms with van der Waals surface area (Å²) in [5.74, 6) is 0. The lowest BCUT2D eigenvalue weighted by atomic mass is 12.0. The number of hydrogen-bond acceptors (Lipinski definition) is 0. The Morgan fingerprint density at radius 1 is 1.00 bits per heavy atom. The molecule has 1 unspecified atom stereocenters. The van der Waals surface area contributed by atoms with E-state index in [1.54, 1.807) is 0 Å². The molecule has 0 aliphatic heterocycles. The molecule has 4 heavy (non-hydrogen) atoms. The third-order valence-electron chi connectivity index (χ3n) is 0. The van der Waals surface area contributed by atoms with E-state index in [1.165, 1.54) is 0 Å². The lowest BCUT2D eigenvalue weighted by Gasteiger charge is -0.994. The summed E-state index contributed by atoms with van der Waals surface area (Å²) in [7, 11) is 1.86. The SMILES string of the molecule is C[PH3+].Cl.Cl. The van der Waals surface area contributed by atoms with E-state index in [0.29, 0.717) is 0 Å². The summed E-state index contributed by atoms with van der Waals surface area (Å²) in [6, 6.07) is 0. The van der Waals surface area contributed by atoms with Gasteiger partial charge in [-0.1, -0.05) is 0 Å². The summed E-state index contributed by atoms with van der Waals surface area (Å²) < 4.78 is 0. The largest absolute Gasteiger partial charge is 0.147 e. The molecular formula is CH8Cl2P+. The predicted molar refractivity (Wildman–Crippen MR) is 31.5 cm³/mol. The maximum Gasteiger partial charge on any atom is 0.0421 e. The Kier molecular flexibility index (Phi) is 178. The smallest absolute Gasteiger partial charge is 0.0421 e. The maximum absolute atomic E-state index is 2.03. The Bertz CT molecular complexity index is 6.00. The summed E-state index contributed by atoms with van der Waals surface area (Å²) in [6.07, 6.45) is 0. The molecule has 0 radical (unpaired) electrons. The fraction of sp³-hybridized carbons (Fsp3) is 1.00. The number of hydrogen-bond donors (Lipinski definition) is 0. The molecule has 0 N–H and O–H groups in total. The zero-order chi connectivity index (χ0) is 2.00. The predicted octanol–water partition coefficient (Wildman–Crippen LogP) is 1.07. The molecule has 0 spiro atoms. The Balaban J connectivity index is -0.00000000500. The first kappa shape index (κ1) is 19.9. The van der Waals surface area contributed by atoms with Crippen molar-refractivity contribution >= 4 is 34.1 Å². The second-order valence-electron chi connectivity index (χ2n) is 0. The van der Waals surface area contributed by atoms with Crippen molar-refractivity contribution in [1.29, 1.82) is 0 Å². The fourth-order valence-electron chi connectivity index (χ4n) is 0. The van der Waals surface area contributed by atoms with Gasteiger partial charge in [-0.05, 0) is 9.24 Å². The topological polar surface area (TPSA) is 0 Å². The second-order valence-corrected chi connectivity index (χ2v) is 0. The van der Waals surface area contributed by atoms with Gasteiger partial charge in [0.25, 0.3) is 0 Å². The molecule has 0 aromatic rings. The van der Waals surface area contributed by atoms with E-state index in [9.17, 15) is 0 Å². The van der Waals surface area contributed by atoms with Crippen LogP contribution in [0.4, 0.5) is 0 Å². The average Bonchev–Trinajstić information content (AvgIpc) is 1.00. The van der Waals surface area contributed by atoms with Gasteiger partial charge in [0.15, 0.2) is 0 Å². The zero-order valence-corrected chi connectivity index (χ0v) is 5.57. The van der Waals surface area contributed by atoms with Crippen LogP contribution in [0.25, 0.3) is 0 Å². The highest BCUT2D eigenvalue weighted by molar-refractivity contribution is 7.15. The standard InChI is InChI=1S/CH5P.2ClH/c1-2;;/h2H2,1H3;2*1H/p+1. The molecule has 0 fully saturated rings. The molecule has 0 aliphatic carbocycles. The Labute approximate surface area is 41.4 Å². The quantitative estimate of drug-likeness (QED) is 0.421. The van der Waals surface area contributed by atoms with Crippen molar-refractivity contribution in [3.05, 3.63) is 0 Å². The molecule has 30 valence electrons. The first-order valence-electron chi connectivity index (χ1n) is 0.707. The van der Waals surface area contributed by atoms with E-state index in [2.05, 4.69) is 0 Å². The van der Waals surface area contributed by atoms with Crippen LogP contribution in [0.2, 0.25) is 0 Å². The van der Waals surface area contributed by atoms with Crippen LogP contribution < -0.4 is 0 Å². The van der Waals surface area contributed by atoms with Gasteiger partial charge in [0, 0.05) is 6.66 Å². The van der Waals surface area contributed by atoms with Crippen molar-refractivity contribution in [2.45, 2.75) is 0 Å². The van der Waals surface area contributed by atoms with Crippen LogP contribution in [0.1, 0.15) is 0 Å². The van der Waals surface area contributed by atoms with Gasteiger partial charge in [-0.3, -0.25) is 0 Å². The molecule has 0 aromatic heterocycles. The molecule has 0 aromatic carbocycles. The first-order chi connectivity index (χ1) is 1.00. The summed E-state index contributed by atoms with van der Waals surface area (Å²) in [5.41, 5.74) is 0. The van der Waals surface area contributed by atoms with Gasteiger partial charge in [0.1, 0.15) is 0 Å². The van der Waals surface area contributed by atoms with Crippen LogP contribution in [0.5, 0.6) is 0 Å². The summed E-state index contributed by atoms with van der Waals surface area (Å²) in [6.45, 7) is 2.03. The molecule has 3 heteroatoms. The van der Waals surface area contributed by atoms with Crippen LogP contribution in [0.3, 0.4) is 0 Å². The van der Waals surface area contributed by atoms with Crippen LogP contribution in [0.15, 0.2) is 0 Å². The van der Waals surface area contributed by atoms with Gasteiger partial charge in [-0.15, -0.1) is 24.8 Å². The van der Waals surface area contributed by atoms with E-state index in [1.807, 2.05) is 15.9 Å². The Morgan fingerprint density at radius 2 is 1.00 bits per heavy atom. The Morgan fingerprint density at radius 3 is 1.00 bits per heavy atom. The van der Waals surface area contributed by atoms with Crippen LogP contribution in [-0.2, 0) is 0 Å². The lowest BCUT2D eigenvalue weighted by Crippen LogP contribution is -0.804. The van der Waals surface area contributed by atoms with Gasteiger partial charge >= 0.3 is 0 Å². The zero-order valence-electron chi connectivity index (χ0n) is 2.52. The highest BCUT2D eigenvalue weighted by atomic mass is 35.5. The molecule has 0 bridgehead atoms. The van der Waals surface area contributed by atoms with E-state index < -0.39 is 0 Å². The first-order valence-corrected chi connectivity index (χ1v) is 2.12. The second kappa shape index (κ2) is 35.6. The lowest BCUT2D eigenvalue weighted by molar-refractivity contribution is 2.53. The summed E-state index contributed by atoms with van der Waals surface area (Å²) in [4.78, 5) is 0. The van der Waals surface area contributed by atoms with Crippen molar-refractivity contribution in [3.8, 4) is 0 Å². The highest BCUT2D eigenvalue weighted by Gasteiger charge is 1.01. The van der Waals surface area contributed by atoms with Gasteiger partial charge in [0.2, 0.25) is 0 Å². The van der Waals surface area contributed by atoms with Crippen molar-refractivity contribution < 1.29 is 0 Å². The van der Waals surface area contributed by atoms with Crippen molar-refractivity contribution in [1.82, 2.24) is 0 Å². The molecular weight excluding hydrogens is 114 g/mol. The highest BCUT2D eigenvalue weighted by Crippen LogP contribution is 1.46. The monoisotopic (exact) mass is 121 g/mol. The Hall–Kier alpha value is 1.01. The van der Waals surface area contributed by atoms with E-state index in [4.69, 9.17) is 0 Å². The molecule has 0 aliphatic rings. The number of rotatable bonds is 0. The fourth-order valence-corrected chi connectivity index (χ4v) is 0. The van der Waals surface area contributed by atoms with E-state index >= 15 is 0 Å². The van der Waals surface area contributed by atoms with Crippen LogP contribution >= 0.6 is 34.1 Å². The molecule has 0 rings (SSSR count). The molecule has 0 nitrogen and oxygen atoms in total. The van der Waals surface area contributed by atoms with E-state index in [-0.39, 0.29) is 24.8 Å². The minimum absolute atomic E-state index is 0. The number of halogens is 2. The molecule has 0 saturated heterocycles. The van der Waals surface area contributed by atoms with Gasteiger partial charge < -0.3 is 0 Å². The minimum atomic E-state index is 0. The average molecular weight is 122 g/mol. The minimum Gasteiger partial charge on any atom is -0.147 e. The third kappa shape index (κ3) is 11.9. The molecule has 0 saturated carbocycles. The third-order valence-corrected chi connectivity index (χ3v) is 0. The maximum atomic E-state index is 2.03. The summed E-state index contributed by atoms with van der Waals surface area (Å²) >= 11 is 0. The van der Waals surface area contributed by atoms with Crippen molar-refractivity contribution in [2.24, 2.45) is 0 Å². The molecule has 0 amide bonds. The van der Waals surface area contributed by atoms with Crippen LogP contribution in [0, 0.1) is 0 Å². The van der Waals surface area contributed by atoms with Crippen molar-refractivity contribution in [3.63, 3.8) is 0 Å². The van der Waals surface area contributed by atoms with Gasteiger partial charge in [-0.2, -0.15) is 0 Å². The summed E-state index contributed by atoms with van der Waals surface area (Å²) in [5, 5.41) is 0. The molecule has 0 heterocycles. The van der Waals surface area contributed by atoms with Crippen molar-refractivity contribution in [2.75, 3.05) is 6.66 Å². The van der Waals surface area contributed by atoms with E-state index in [0.717, 1.165) is 0 Å². The van der Waals surface area contributed by atoms with Crippen LogP contribution in [-0.4, -0.2) is 6.66 Å². The van der Waals surface area contributed by atoms with Gasteiger partial charge in [0.05, 0.1) is 0 Å². The normalized spacial score (nSPS) is 2.25. The molecule has 1 atom stereocenters.